The van der Waals surface area contributed by atoms with Crippen LogP contribution >= 0.6 is 11.3 Å². The molecule has 0 aliphatic heterocycles. The monoisotopic (exact) mass is 373 g/mol. The molecular weight excluding hydrogens is 350 g/mol. The molecule has 2 amide bonds. The van der Waals surface area contributed by atoms with Crippen LogP contribution in [0.2, 0.25) is 0 Å². The fourth-order valence-corrected chi connectivity index (χ4v) is 4.94. The van der Waals surface area contributed by atoms with Crippen LogP contribution in [0.15, 0.2) is 5.11 Å². The van der Waals surface area contributed by atoms with E-state index in [9.17, 15) is 9.59 Å². The summed E-state index contributed by atoms with van der Waals surface area (Å²) in [5.41, 5.74) is 10.4. The number of hydrogen-bond donors (Lipinski definition) is 2. The zero-order valence-corrected chi connectivity index (χ0v) is 15.6. The van der Waals surface area contributed by atoms with E-state index < -0.39 is 0 Å². The third-order valence-electron chi connectivity index (χ3n) is 5.58. The Bertz CT molecular complexity index is 790. The summed E-state index contributed by atoms with van der Waals surface area (Å²) in [6, 6.07) is -0.149. The lowest BCUT2D eigenvalue weighted by molar-refractivity contribution is -0.117. The van der Waals surface area contributed by atoms with Crippen LogP contribution in [0.25, 0.3) is 10.4 Å². The summed E-state index contributed by atoms with van der Waals surface area (Å²) in [6.45, 7) is 2.70. The lowest BCUT2D eigenvalue weighted by Crippen LogP contribution is -2.29. The summed E-state index contributed by atoms with van der Waals surface area (Å²) in [5.74, 6) is 0.545. The molecular formula is C18H23N5O2S. The Balaban J connectivity index is 1.66. The lowest BCUT2D eigenvalue weighted by Gasteiger charge is -2.26. The zero-order chi connectivity index (χ0) is 18.3. The Labute approximate surface area is 156 Å². The topological polar surface area (TPSA) is 107 Å². The number of azide groups is 1. The second kappa shape index (κ2) is 6.93. The first-order chi connectivity index (χ1) is 12.6. The van der Waals surface area contributed by atoms with Crippen LogP contribution in [0.1, 0.15) is 65.7 Å². The molecule has 3 aliphatic rings. The van der Waals surface area contributed by atoms with E-state index >= 15 is 0 Å². The number of thiophene rings is 1. The van der Waals surface area contributed by atoms with E-state index in [4.69, 9.17) is 5.53 Å². The van der Waals surface area contributed by atoms with Crippen molar-refractivity contribution in [2.75, 3.05) is 11.9 Å². The van der Waals surface area contributed by atoms with Gasteiger partial charge in [-0.25, -0.2) is 0 Å². The van der Waals surface area contributed by atoms with Crippen molar-refractivity contribution in [2.24, 2.45) is 17.0 Å². The number of anilines is 1. The summed E-state index contributed by atoms with van der Waals surface area (Å²) in [7, 11) is 0. The molecule has 1 aromatic rings. The number of nitrogens with zero attached hydrogens (tertiary/aromatic N) is 3. The van der Waals surface area contributed by atoms with Crippen LogP contribution in [0.5, 0.6) is 0 Å². The number of aryl methyl sites for hydroxylation is 1. The van der Waals surface area contributed by atoms with Gasteiger partial charge in [-0.3, -0.25) is 9.59 Å². The fourth-order valence-electron chi connectivity index (χ4n) is 3.62. The Morgan fingerprint density at radius 1 is 1.27 bits per heavy atom. The first-order valence-electron chi connectivity index (χ1n) is 9.37. The molecule has 3 aliphatic carbocycles. The van der Waals surface area contributed by atoms with E-state index in [0.717, 1.165) is 36.1 Å². The van der Waals surface area contributed by atoms with Crippen LogP contribution in [0.4, 0.5) is 5.00 Å². The predicted molar refractivity (Wildman–Crippen MR) is 100 cm³/mol. The average Bonchev–Trinajstić information content (AvgIpc) is 3.52. The van der Waals surface area contributed by atoms with Crippen molar-refractivity contribution >= 4 is 28.2 Å². The molecule has 7 nitrogen and oxygen atoms in total. The quantitative estimate of drug-likeness (QED) is 0.447. The first kappa shape index (κ1) is 17.4. The SMILES string of the molecule is CC1c2c(sc(NC(=O)C3CC3)c2C(=O)NCC2CC2)CCC1N=[N+]=[N-]. The third-order valence-corrected chi connectivity index (χ3v) is 6.76. The highest BCUT2D eigenvalue weighted by atomic mass is 32.1. The van der Waals surface area contributed by atoms with E-state index in [1.54, 1.807) is 0 Å². The first-order valence-corrected chi connectivity index (χ1v) is 10.2. The van der Waals surface area contributed by atoms with E-state index in [0.29, 0.717) is 23.0 Å². The molecule has 2 saturated carbocycles. The number of carbonyl (C=O) groups is 2. The summed E-state index contributed by atoms with van der Waals surface area (Å²) >= 11 is 1.51. The summed E-state index contributed by atoms with van der Waals surface area (Å²) in [6.07, 6.45) is 5.74. The Morgan fingerprint density at radius 3 is 2.69 bits per heavy atom. The van der Waals surface area contributed by atoms with Gasteiger partial charge in [0.1, 0.15) is 5.00 Å². The lowest BCUT2D eigenvalue weighted by atomic mass is 9.82. The Kier molecular flexibility index (Phi) is 4.63. The fraction of sp³-hybridized carbons (Fsp3) is 0.667. The van der Waals surface area contributed by atoms with E-state index in [2.05, 4.69) is 20.7 Å². The zero-order valence-electron chi connectivity index (χ0n) is 14.8. The van der Waals surface area contributed by atoms with Gasteiger partial charge in [-0.2, -0.15) is 0 Å². The molecule has 0 radical (unpaired) electrons. The van der Waals surface area contributed by atoms with Crippen LogP contribution in [0, 0.1) is 11.8 Å². The maximum atomic E-state index is 12.9. The van der Waals surface area contributed by atoms with Crippen molar-refractivity contribution in [3.05, 3.63) is 26.4 Å². The molecule has 0 bridgehead atoms. The number of amides is 2. The normalized spacial score (nSPS) is 24.3. The van der Waals surface area contributed by atoms with Gasteiger partial charge in [-0.1, -0.05) is 12.0 Å². The minimum absolute atomic E-state index is 0.0130. The third kappa shape index (κ3) is 3.44. The van der Waals surface area contributed by atoms with Crippen LogP contribution in [-0.2, 0) is 11.2 Å². The summed E-state index contributed by atoms with van der Waals surface area (Å²) < 4.78 is 0. The van der Waals surface area contributed by atoms with Gasteiger partial charge in [0.25, 0.3) is 5.91 Å². The molecule has 1 heterocycles. The maximum absolute atomic E-state index is 12.9. The molecule has 0 spiro atoms. The van der Waals surface area contributed by atoms with Gasteiger partial charge in [0.05, 0.1) is 5.56 Å². The van der Waals surface area contributed by atoms with Crippen molar-refractivity contribution in [2.45, 2.75) is 57.4 Å². The molecule has 0 saturated heterocycles. The number of hydrogen-bond acceptors (Lipinski definition) is 4. The highest BCUT2D eigenvalue weighted by Crippen LogP contribution is 2.45. The Morgan fingerprint density at radius 2 is 2.04 bits per heavy atom. The van der Waals surface area contributed by atoms with Crippen molar-refractivity contribution in [3.63, 3.8) is 0 Å². The van der Waals surface area contributed by atoms with E-state index in [1.165, 1.54) is 24.2 Å². The van der Waals surface area contributed by atoms with Gasteiger partial charge < -0.3 is 10.6 Å². The molecule has 138 valence electrons. The maximum Gasteiger partial charge on any atom is 0.254 e. The number of nitrogens with one attached hydrogen (secondary N) is 2. The molecule has 0 aromatic carbocycles. The summed E-state index contributed by atoms with van der Waals surface area (Å²) in [4.78, 5) is 29.3. The second-order valence-electron chi connectivity index (χ2n) is 7.66. The van der Waals surface area contributed by atoms with Crippen molar-refractivity contribution in [3.8, 4) is 0 Å². The van der Waals surface area contributed by atoms with Crippen LogP contribution in [-0.4, -0.2) is 24.4 Å². The van der Waals surface area contributed by atoms with Gasteiger partial charge in [0.15, 0.2) is 0 Å². The number of rotatable bonds is 6. The molecule has 2 unspecified atom stereocenters. The van der Waals surface area contributed by atoms with E-state index in [-0.39, 0.29) is 29.7 Å². The molecule has 8 heteroatoms. The van der Waals surface area contributed by atoms with Gasteiger partial charge in [0.2, 0.25) is 5.91 Å². The predicted octanol–water partition coefficient (Wildman–Crippen LogP) is 3.97. The van der Waals surface area contributed by atoms with Gasteiger partial charge in [-0.15, -0.1) is 11.3 Å². The standard InChI is InChI=1S/C18H23N5O2S/c1-9-12(22-23-19)6-7-13-14(9)15(17(25)20-8-10-2-3-10)18(26-13)21-16(24)11-4-5-11/h9-12H,2-8H2,1H3,(H,20,25)(H,21,24). The minimum atomic E-state index is -0.149. The van der Waals surface area contributed by atoms with Crippen molar-refractivity contribution in [1.29, 1.82) is 0 Å². The molecule has 2 fully saturated rings. The Hall–Kier alpha value is -2.05. The highest BCUT2D eigenvalue weighted by Gasteiger charge is 2.36. The molecule has 1 aromatic heterocycles. The molecule has 26 heavy (non-hydrogen) atoms. The average molecular weight is 373 g/mol. The van der Waals surface area contributed by atoms with Crippen molar-refractivity contribution in [1.82, 2.24) is 5.32 Å². The van der Waals surface area contributed by atoms with Crippen LogP contribution < -0.4 is 10.6 Å². The smallest absolute Gasteiger partial charge is 0.254 e. The largest absolute Gasteiger partial charge is 0.352 e. The number of fused-ring (bicyclic) bond motifs is 1. The van der Waals surface area contributed by atoms with Crippen molar-refractivity contribution < 1.29 is 9.59 Å². The minimum Gasteiger partial charge on any atom is -0.352 e. The summed E-state index contributed by atoms with van der Waals surface area (Å²) in [5, 5.41) is 10.6. The highest BCUT2D eigenvalue weighted by molar-refractivity contribution is 7.17. The van der Waals surface area contributed by atoms with Crippen LogP contribution in [0.3, 0.4) is 0 Å². The molecule has 2 atom stereocenters. The van der Waals surface area contributed by atoms with Gasteiger partial charge in [0, 0.05) is 28.3 Å². The molecule has 2 N–H and O–H groups in total. The molecule has 4 rings (SSSR count). The second-order valence-corrected chi connectivity index (χ2v) is 8.76. The van der Waals surface area contributed by atoms with Gasteiger partial charge >= 0.3 is 0 Å². The van der Waals surface area contributed by atoms with Gasteiger partial charge in [-0.05, 0) is 61.5 Å². The van der Waals surface area contributed by atoms with E-state index in [1.807, 2.05) is 6.92 Å². The number of carbonyl (C=O) groups excluding carboxylic acids is 2.